The zero-order chi connectivity index (χ0) is 14.5. The Hall–Kier alpha value is -1.13. The molecule has 0 bridgehead atoms. The van der Waals surface area contributed by atoms with Crippen molar-refractivity contribution in [3.8, 4) is 0 Å². The molecular weight excluding hydrogens is 292 g/mol. The second-order valence-electron chi connectivity index (χ2n) is 4.87. The normalized spacial score (nSPS) is 12.6. The van der Waals surface area contributed by atoms with Crippen molar-refractivity contribution in [1.82, 2.24) is 4.98 Å². The maximum absolute atomic E-state index is 12.2. The minimum absolute atomic E-state index is 0.0746. The van der Waals surface area contributed by atoms with Crippen LogP contribution in [0.1, 0.15) is 39.5 Å². The van der Waals surface area contributed by atoms with Crippen LogP contribution >= 0.6 is 22.9 Å². The van der Waals surface area contributed by atoms with E-state index in [4.69, 9.17) is 11.6 Å². The van der Waals surface area contributed by atoms with Crippen molar-refractivity contribution in [2.24, 2.45) is 5.92 Å². The van der Waals surface area contributed by atoms with Gasteiger partial charge in [-0.15, -0.1) is 0 Å². The SMILES string of the molecule is CCCCC(CC)C(=O)Nc1nc2ccc(Cl)cc2s1. The number of halogens is 1. The molecule has 0 radical (unpaired) electrons. The number of thiazole rings is 1. The summed E-state index contributed by atoms with van der Waals surface area (Å²) in [7, 11) is 0. The van der Waals surface area contributed by atoms with Gasteiger partial charge in [-0.25, -0.2) is 4.98 Å². The molecule has 0 aliphatic rings. The summed E-state index contributed by atoms with van der Waals surface area (Å²) < 4.78 is 0.995. The number of hydrogen-bond donors (Lipinski definition) is 1. The molecule has 1 heterocycles. The van der Waals surface area contributed by atoms with Crippen molar-refractivity contribution in [3.63, 3.8) is 0 Å². The van der Waals surface area contributed by atoms with Crippen molar-refractivity contribution >= 4 is 44.2 Å². The number of benzene rings is 1. The van der Waals surface area contributed by atoms with Crippen LogP contribution in [0.25, 0.3) is 10.2 Å². The Balaban J connectivity index is 2.08. The fourth-order valence-electron chi connectivity index (χ4n) is 2.13. The van der Waals surface area contributed by atoms with Crippen LogP contribution in [0.5, 0.6) is 0 Å². The second kappa shape index (κ2) is 7.04. The Morgan fingerprint density at radius 1 is 1.45 bits per heavy atom. The lowest BCUT2D eigenvalue weighted by atomic mass is 9.99. The zero-order valence-corrected chi connectivity index (χ0v) is 13.4. The van der Waals surface area contributed by atoms with E-state index >= 15 is 0 Å². The number of aromatic nitrogens is 1. The van der Waals surface area contributed by atoms with Gasteiger partial charge in [-0.2, -0.15) is 0 Å². The minimum Gasteiger partial charge on any atom is -0.302 e. The Kier molecular flexibility index (Phi) is 5.38. The monoisotopic (exact) mass is 310 g/mol. The van der Waals surface area contributed by atoms with Crippen LogP contribution in [-0.2, 0) is 4.79 Å². The summed E-state index contributed by atoms with van der Waals surface area (Å²) in [4.78, 5) is 16.6. The molecule has 1 unspecified atom stereocenters. The predicted octanol–water partition coefficient (Wildman–Crippen LogP) is 5.10. The third-order valence-electron chi connectivity index (χ3n) is 3.35. The third-order valence-corrected chi connectivity index (χ3v) is 4.52. The molecule has 0 aliphatic carbocycles. The van der Waals surface area contributed by atoms with Crippen molar-refractivity contribution in [2.45, 2.75) is 39.5 Å². The number of rotatable bonds is 6. The topological polar surface area (TPSA) is 42.0 Å². The fraction of sp³-hybridized carbons (Fsp3) is 0.467. The molecule has 1 atom stereocenters. The first-order valence-corrected chi connectivity index (χ1v) is 8.20. The van der Waals surface area contributed by atoms with Crippen LogP contribution in [-0.4, -0.2) is 10.9 Å². The van der Waals surface area contributed by atoms with E-state index in [9.17, 15) is 4.79 Å². The second-order valence-corrected chi connectivity index (χ2v) is 6.33. The van der Waals surface area contributed by atoms with Gasteiger partial charge in [-0.1, -0.05) is 49.6 Å². The molecule has 2 aromatic rings. The largest absolute Gasteiger partial charge is 0.302 e. The lowest BCUT2D eigenvalue weighted by Crippen LogP contribution is -2.22. The molecule has 20 heavy (non-hydrogen) atoms. The first kappa shape index (κ1) is 15.3. The molecule has 3 nitrogen and oxygen atoms in total. The minimum atomic E-state index is 0.0746. The van der Waals surface area contributed by atoms with Crippen molar-refractivity contribution in [1.29, 1.82) is 0 Å². The van der Waals surface area contributed by atoms with E-state index in [0.29, 0.717) is 10.2 Å². The van der Waals surface area contributed by atoms with Crippen molar-refractivity contribution in [2.75, 3.05) is 5.32 Å². The molecule has 0 spiro atoms. The van der Waals surface area contributed by atoms with Gasteiger partial charge >= 0.3 is 0 Å². The Labute approximate surface area is 128 Å². The van der Waals surface area contributed by atoms with Gasteiger partial charge in [0.2, 0.25) is 5.91 Å². The van der Waals surface area contributed by atoms with Gasteiger partial charge in [0.1, 0.15) is 0 Å². The smallest absolute Gasteiger partial charge is 0.229 e. The molecule has 0 aliphatic heterocycles. The first-order chi connectivity index (χ1) is 9.63. The van der Waals surface area contributed by atoms with E-state index in [-0.39, 0.29) is 11.8 Å². The third kappa shape index (κ3) is 3.70. The lowest BCUT2D eigenvalue weighted by Gasteiger charge is -2.12. The number of carbonyl (C=O) groups excluding carboxylic acids is 1. The van der Waals surface area contributed by atoms with Crippen LogP contribution in [0, 0.1) is 5.92 Å². The molecule has 1 aromatic carbocycles. The maximum atomic E-state index is 12.2. The average molecular weight is 311 g/mol. The molecule has 0 fully saturated rings. The van der Waals surface area contributed by atoms with Crippen LogP contribution in [0.3, 0.4) is 0 Å². The number of hydrogen-bond acceptors (Lipinski definition) is 3. The van der Waals surface area contributed by atoms with Crippen LogP contribution in [0.2, 0.25) is 5.02 Å². The summed E-state index contributed by atoms with van der Waals surface area (Å²) in [5.74, 6) is 0.150. The van der Waals surface area contributed by atoms with Crippen molar-refractivity contribution < 1.29 is 4.79 Å². The van der Waals surface area contributed by atoms with Gasteiger partial charge in [0.15, 0.2) is 5.13 Å². The van der Waals surface area contributed by atoms with Gasteiger partial charge in [0, 0.05) is 10.9 Å². The van der Waals surface area contributed by atoms with E-state index in [1.807, 2.05) is 18.2 Å². The highest BCUT2D eigenvalue weighted by Crippen LogP contribution is 2.29. The molecule has 5 heteroatoms. The average Bonchev–Trinajstić information content (AvgIpc) is 2.80. The predicted molar refractivity (Wildman–Crippen MR) is 86.6 cm³/mol. The standard InChI is InChI=1S/C15H19ClN2OS/c1-3-5-6-10(4-2)14(19)18-15-17-12-8-7-11(16)9-13(12)20-15/h7-10H,3-6H2,1-2H3,(H,17,18,19). The van der Waals surface area contributed by atoms with Gasteiger partial charge < -0.3 is 5.32 Å². The zero-order valence-electron chi connectivity index (χ0n) is 11.8. The molecule has 0 saturated heterocycles. The summed E-state index contributed by atoms with van der Waals surface area (Å²) in [5.41, 5.74) is 0.872. The highest BCUT2D eigenvalue weighted by Gasteiger charge is 2.17. The van der Waals surface area contributed by atoms with E-state index < -0.39 is 0 Å². The van der Waals surface area contributed by atoms with Gasteiger partial charge in [-0.05, 0) is 31.0 Å². The molecule has 1 N–H and O–H groups in total. The summed E-state index contributed by atoms with van der Waals surface area (Å²) in [5, 5.41) is 4.28. The summed E-state index contributed by atoms with van der Waals surface area (Å²) >= 11 is 7.42. The number of unbranched alkanes of at least 4 members (excludes halogenated alkanes) is 1. The van der Waals surface area contributed by atoms with Crippen molar-refractivity contribution in [3.05, 3.63) is 23.2 Å². The Morgan fingerprint density at radius 3 is 2.95 bits per heavy atom. The summed E-state index contributed by atoms with van der Waals surface area (Å²) in [6.07, 6.45) is 4.00. The van der Waals surface area contributed by atoms with Crippen LogP contribution in [0.15, 0.2) is 18.2 Å². The molecule has 2 rings (SSSR count). The number of nitrogens with zero attached hydrogens (tertiary/aromatic N) is 1. The van der Waals surface area contributed by atoms with E-state index in [1.165, 1.54) is 11.3 Å². The maximum Gasteiger partial charge on any atom is 0.229 e. The molecule has 1 aromatic heterocycles. The van der Waals surface area contributed by atoms with E-state index in [2.05, 4.69) is 24.1 Å². The quantitative estimate of drug-likeness (QED) is 0.806. The van der Waals surface area contributed by atoms with E-state index in [0.717, 1.165) is 35.9 Å². The number of nitrogens with one attached hydrogen (secondary N) is 1. The van der Waals surface area contributed by atoms with Gasteiger partial charge in [-0.3, -0.25) is 4.79 Å². The van der Waals surface area contributed by atoms with Gasteiger partial charge in [0.25, 0.3) is 0 Å². The Morgan fingerprint density at radius 2 is 2.25 bits per heavy atom. The number of anilines is 1. The number of amides is 1. The van der Waals surface area contributed by atoms with Crippen LogP contribution in [0.4, 0.5) is 5.13 Å². The summed E-state index contributed by atoms with van der Waals surface area (Å²) in [6, 6.07) is 5.56. The molecule has 108 valence electrons. The molecule has 0 saturated carbocycles. The first-order valence-electron chi connectivity index (χ1n) is 7.01. The Bertz CT molecular complexity index is 597. The fourth-order valence-corrected chi connectivity index (χ4v) is 3.28. The van der Waals surface area contributed by atoms with Gasteiger partial charge in [0.05, 0.1) is 10.2 Å². The van der Waals surface area contributed by atoms with Crippen LogP contribution < -0.4 is 5.32 Å². The number of fused-ring (bicyclic) bond motifs is 1. The molecular formula is C15H19ClN2OS. The molecule has 1 amide bonds. The summed E-state index contributed by atoms with van der Waals surface area (Å²) in [6.45, 7) is 4.19. The lowest BCUT2D eigenvalue weighted by molar-refractivity contribution is -0.120. The van der Waals surface area contributed by atoms with E-state index in [1.54, 1.807) is 0 Å². The highest BCUT2D eigenvalue weighted by molar-refractivity contribution is 7.22. The highest BCUT2D eigenvalue weighted by atomic mass is 35.5. The number of carbonyl (C=O) groups is 1.